The Bertz CT molecular complexity index is 405. The number of urea groups is 1. The molecular weight excluding hydrogens is 234 g/mol. The van der Waals surface area contributed by atoms with Crippen LogP contribution in [-0.2, 0) is 6.42 Å². The maximum Gasteiger partial charge on any atom is 0.320 e. The van der Waals surface area contributed by atoms with E-state index in [1.165, 1.54) is 5.56 Å². The molecule has 0 fully saturated rings. The van der Waals surface area contributed by atoms with Crippen LogP contribution in [0.1, 0.15) is 5.56 Å². The first-order valence-corrected chi connectivity index (χ1v) is 6.59. The average molecular weight is 249 g/mol. The van der Waals surface area contributed by atoms with Gasteiger partial charge in [0.15, 0.2) is 5.17 Å². The molecule has 0 spiro atoms. The molecule has 0 atom stereocenters. The molecule has 0 aromatic heterocycles. The van der Waals surface area contributed by atoms with Crippen LogP contribution in [0.3, 0.4) is 0 Å². The maximum atomic E-state index is 11.5. The number of nitrogens with one attached hydrogen (secondary N) is 2. The van der Waals surface area contributed by atoms with Gasteiger partial charge in [0.25, 0.3) is 0 Å². The van der Waals surface area contributed by atoms with Crippen molar-refractivity contribution in [2.45, 2.75) is 6.42 Å². The highest BCUT2D eigenvalue weighted by Crippen LogP contribution is 2.08. The minimum absolute atomic E-state index is 0.172. The fourth-order valence-electron chi connectivity index (χ4n) is 1.52. The third kappa shape index (κ3) is 4.11. The highest BCUT2D eigenvalue weighted by molar-refractivity contribution is 8.14. The van der Waals surface area contributed by atoms with Gasteiger partial charge in [-0.15, -0.1) is 0 Å². The normalized spacial score (nSPS) is 14.2. The van der Waals surface area contributed by atoms with E-state index in [1.807, 2.05) is 18.2 Å². The molecule has 0 saturated heterocycles. The number of rotatable bonds is 3. The molecule has 2 amide bonds. The zero-order valence-electron chi connectivity index (χ0n) is 9.48. The van der Waals surface area contributed by atoms with Crippen LogP contribution in [0.15, 0.2) is 35.3 Å². The van der Waals surface area contributed by atoms with Gasteiger partial charge in [-0.3, -0.25) is 10.3 Å². The molecule has 90 valence electrons. The van der Waals surface area contributed by atoms with Crippen molar-refractivity contribution in [3.05, 3.63) is 35.9 Å². The van der Waals surface area contributed by atoms with Crippen LogP contribution in [0.25, 0.3) is 0 Å². The lowest BCUT2D eigenvalue weighted by Gasteiger charge is -2.06. The summed E-state index contributed by atoms with van der Waals surface area (Å²) in [4.78, 5) is 15.6. The van der Waals surface area contributed by atoms with E-state index in [2.05, 4.69) is 27.8 Å². The number of amides is 2. The van der Waals surface area contributed by atoms with E-state index < -0.39 is 0 Å². The number of nitrogens with zero attached hydrogens (tertiary/aromatic N) is 1. The second kappa shape index (κ2) is 6.30. The predicted molar refractivity (Wildman–Crippen MR) is 71.4 cm³/mol. The molecular formula is C12H15N3OS. The van der Waals surface area contributed by atoms with Gasteiger partial charge < -0.3 is 5.32 Å². The summed E-state index contributed by atoms with van der Waals surface area (Å²) in [6.45, 7) is 1.43. The van der Waals surface area contributed by atoms with Gasteiger partial charge in [-0.2, -0.15) is 0 Å². The lowest BCUT2D eigenvalue weighted by atomic mass is 10.1. The van der Waals surface area contributed by atoms with Gasteiger partial charge in [-0.25, -0.2) is 4.79 Å². The fraction of sp³-hybridized carbons (Fsp3) is 0.333. The number of benzene rings is 1. The van der Waals surface area contributed by atoms with Gasteiger partial charge >= 0.3 is 6.03 Å². The second-order valence-corrected chi connectivity index (χ2v) is 4.74. The summed E-state index contributed by atoms with van der Waals surface area (Å²) in [5.74, 6) is 0.958. The summed E-state index contributed by atoms with van der Waals surface area (Å²) in [5.41, 5.74) is 1.22. The van der Waals surface area contributed by atoms with Crippen LogP contribution in [-0.4, -0.2) is 30.0 Å². The Morgan fingerprint density at radius 3 is 2.88 bits per heavy atom. The van der Waals surface area contributed by atoms with Gasteiger partial charge in [-0.1, -0.05) is 42.1 Å². The van der Waals surface area contributed by atoms with Crippen molar-refractivity contribution in [3.63, 3.8) is 0 Å². The Kier molecular flexibility index (Phi) is 4.44. The minimum atomic E-state index is -0.172. The largest absolute Gasteiger partial charge is 0.337 e. The molecule has 1 aliphatic heterocycles. The molecule has 0 unspecified atom stereocenters. The zero-order valence-corrected chi connectivity index (χ0v) is 10.3. The van der Waals surface area contributed by atoms with E-state index in [0.29, 0.717) is 6.54 Å². The number of amidine groups is 1. The Morgan fingerprint density at radius 2 is 2.18 bits per heavy atom. The lowest BCUT2D eigenvalue weighted by molar-refractivity contribution is 0.245. The third-order valence-electron chi connectivity index (χ3n) is 2.35. The van der Waals surface area contributed by atoms with Gasteiger partial charge in [0.05, 0.1) is 6.54 Å². The molecule has 17 heavy (non-hydrogen) atoms. The number of carbonyl (C=O) groups excluding carboxylic acids is 1. The van der Waals surface area contributed by atoms with E-state index in [4.69, 9.17) is 0 Å². The molecule has 0 bridgehead atoms. The first-order chi connectivity index (χ1) is 8.34. The van der Waals surface area contributed by atoms with Crippen molar-refractivity contribution in [2.75, 3.05) is 18.8 Å². The van der Waals surface area contributed by atoms with E-state index in [1.54, 1.807) is 11.8 Å². The van der Waals surface area contributed by atoms with Crippen molar-refractivity contribution >= 4 is 23.0 Å². The predicted octanol–water partition coefficient (Wildman–Crippen LogP) is 1.63. The van der Waals surface area contributed by atoms with E-state index in [9.17, 15) is 4.79 Å². The standard InChI is InChI=1S/C12H15N3OS/c16-11(15-12-14-8-9-17-12)13-7-6-10-4-2-1-3-5-10/h1-5H,6-9H2,(H2,13,14,15,16). The van der Waals surface area contributed by atoms with E-state index in [-0.39, 0.29) is 6.03 Å². The average Bonchev–Trinajstić information content (AvgIpc) is 2.83. The van der Waals surface area contributed by atoms with Gasteiger partial charge in [0, 0.05) is 12.3 Å². The van der Waals surface area contributed by atoms with Crippen LogP contribution in [0.4, 0.5) is 4.79 Å². The second-order valence-electron chi connectivity index (χ2n) is 3.65. The highest BCUT2D eigenvalue weighted by Gasteiger charge is 2.09. The Morgan fingerprint density at radius 1 is 1.35 bits per heavy atom. The minimum Gasteiger partial charge on any atom is -0.337 e. The Balaban J connectivity index is 1.66. The number of hydrogen-bond acceptors (Lipinski definition) is 3. The zero-order chi connectivity index (χ0) is 11.9. The van der Waals surface area contributed by atoms with Crippen molar-refractivity contribution in [2.24, 2.45) is 4.99 Å². The Labute approximate surface area is 105 Å². The third-order valence-corrected chi connectivity index (χ3v) is 3.24. The fourth-order valence-corrected chi connectivity index (χ4v) is 2.24. The van der Waals surface area contributed by atoms with Crippen LogP contribution >= 0.6 is 11.8 Å². The molecule has 4 nitrogen and oxygen atoms in total. The molecule has 0 radical (unpaired) electrons. The van der Waals surface area contributed by atoms with Gasteiger partial charge in [0.2, 0.25) is 0 Å². The molecule has 1 aromatic carbocycles. The first-order valence-electron chi connectivity index (χ1n) is 5.60. The molecule has 1 aromatic rings. The summed E-state index contributed by atoms with van der Waals surface area (Å²) in [6.07, 6.45) is 0.841. The van der Waals surface area contributed by atoms with Crippen molar-refractivity contribution < 1.29 is 4.79 Å². The lowest BCUT2D eigenvalue weighted by Crippen LogP contribution is -2.38. The van der Waals surface area contributed by atoms with Crippen molar-refractivity contribution in [1.29, 1.82) is 0 Å². The molecule has 1 aliphatic rings. The number of thioether (sulfide) groups is 1. The summed E-state index contributed by atoms with van der Waals surface area (Å²) in [5, 5.41) is 6.27. The smallest absolute Gasteiger partial charge is 0.320 e. The van der Waals surface area contributed by atoms with E-state index >= 15 is 0 Å². The molecule has 0 aliphatic carbocycles. The summed E-state index contributed by atoms with van der Waals surface area (Å²) < 4.78 is 0. The van der Waals surface area contributed by atoms with Crippen LogP contribution in [0.5, 0.6) is 0 Å². The topological polar surface area (TPSA) is 53.5 Å². The molecule has 2 N–H and O–H groups in total. The van der Waals surface area contributed by atoms with Crippen LogP contribution in [0, 0.1) is 0 Å². The van der Waals surface area contributed by atoms with Gasteiger partial charge in [0.1, 0.15) is 0 Å². The molecule has 1 heterocycles. The number of aliphatic imine (C=N–C) groups is 1. The number of carbonyl (C=O) groups is 1. The summed E-state index contributed by atoms with van der Waals surface area (Å²) in [7, 11) is 0. The SMILES string of the molecule is O=C(NCCc1ccccc1)NC1=NCCS1. The van der Waals surface area contributed by atoms with E-state index in [0.717, 1.165) is 23.9 Å². The molecule has 0 saturated carbocycles. The van der Waals surface area contributed by atoms with Crippen LogP contribution in [0.2, 0.25) is 0 Å². The molecule has 2 rings (SSSR count). The highest BCUT2D eigenvalue weighted by atomic mass is 32.2. The maximum absolute atomic E-state index is 11.5. The van der Waals surface area contributed by atoms with Crippen molar-refractivity contribution in [1.82, 2.24) is 10.6 Å². The monoisotopic (exact) mass is 249 g/mol. The van der Waals surface area contributed by atoms with Crippen LogP contribution < -0.4 is 10.6 Å². The number of hydrogen-bond donors (Lipinski definition) is 2. The quantitative estimate of drug-likeness (QED) is 0.855. The van der Waals surface area contributed by atoms with Crippen molar-refractivity contribution in [3.8, 4) is 0 Å². The Hall–Kier alpha value is -1.49. The first kappa shape index (κ1) is 12.0. The summed E-state index contributed by atoms with van der Waals surface area (Å²) >= 11 is 1.58. The summed E-state index contributed by atoms with van der Waals surface area (Å²) in [6, 6.07) is 9.92. The molecule has 5 heteroatoms. The van der Waals surface area contributed by atoms with Gasteiger partial charge in [-0.05, 0) is 12.0 Å².